The summed E-state index contributed by atoms with van der Waals surface area (Å²) >= 11 is 3.45. The first kappa shape index (κ1) is 16.3. The van der Waals surface area contributed by atoms with Crippen LogP contribution in [-0.4, -0.2) is 0 Å². The molecule has 3 nitrogen and oxygen atoms in total. The fourth-order valence-electron chi connectivity index (χ4n) is 2.12. The zero-order chi connectivity index (χ0) is 16.9. The Morgan fingerprint density at radius 2 is 1.67 bits per heavy atom. The summed E-state index contributed by atoms with van der Waals surface area (Å²) in [6.45, 7) is 0.465. The Morgan fingerprint density at radius 1 is 0.917 bits per heavy atom. The van der Waals surface area contributed by atoms with Gasteiger partial charge in [0.25, 0.3) is 0 Å². The molecule has 0 saturated heterocycles. The third kappa shape index (κ3) is 4.06. The third-order valence-corrected chi connectivity index (χ3v) is 3.94. The van der Waals surface area contributed by atoms with Gasteiger partial charge in [-0.05, 0) is 51.8 Å². The molecule has 0 bridgehead atoms. The SMILES string of the molecule is Nc1ccc(Oc2ccc(OCc3ccccc3)c(Br)c2)c(F)c1. The van der Waals surface area contributed by atoms with E-state index in [0.29, 0.717) is 23.8 Å². The molecule has 2 N–H and O–H groups in total. The molecule has 0 atom stereocenters. The van der Waals surface area contributed by atoms with Gasteiger partial charge in [0.15, 0.2) is 11.6 Å². The standard InChI is InChI=1S/C19H15BrFNO2/c20-16-11-15(24-19-8-6-14(22)10-17(19)21)7-9-18(16)23-12-13-4-2-1-3-5-13/h1-11H,12,22H2. The minimum absolute atomic E-state index is 0.119. The largest absolute Gasteiger partial charge is 0.488 e. The minimum atomic E-state index is -0.504. The fourth-order valence-corrected chi connectivity index (χ4v) is 2.60. The molecule has 0 aliphatic heterocycles. The Kier molecular flexibility index (Phi) is 5.01. The molecular formula is C19H15BrFNO2. The van der Waals surface area contributed by atoms with E-state index in [0.717, 1.165) is 10.0 Å². The lowest BCUT2D eigenvalue weighted by Gasteiger charge is -2.11. The van der Waals surface area contributed by atoms with Crippen LogP contribution in [0.15, 0.2) is 71.2 Å². The number of ether oxygens (including phenoxy) is 2. The second-order valence-corrected chi connectivity index (χ2v) is 6.01. The van der Waals surface area contributed by atoms with Crippen LogP contribution in [0.4, 0.5) is 10.1 Å². The molecule has 0 heterocycles. The zero-order valence-electron chi connectivity index (χ0n) is 12.7. The second-order valence-electron chi connectivity index (χ2n) is 5.16. The quantitative estimate of drug-likeness (QED) is 0.584. The molecule has 0 spiro atoms. The number of nitrogen functional groups attached to an aromatic ring is 1. The van der Waals surface area contributed by atoms with Gasteiger partial charge in [0, 0.05) is 11.8 Å². The van der Waals surface area contributed by atoms with Crippen molar-refractivity contribution in [3.63, 3.8) is 0 Å². The van der Waals surface area contributed by atoms with Crippen molar-refractivity contribution in [3.8, 4) is 17.2 Å². The molecule has 0 unspecified atom stereocenters. The van der Waals surface area contributed by atoms with Crippen LogP contribution in [0.3, 0.4) is 0 Å². The number of nitrogens with two attached hydrogens (primary N) is 1. The number of hydrogen-bond donors (Lipinski definition) is 1. The van der Waals surface area contributed by atoms with E-state index in [-0.39, 0.29) is 5.75 Å². The number of hydrogen-bond acceptors (Lipinski definition) is 3. The molecule has 5 heteroatoms. The summed E-state index contributed by atoms with van der Waals surface area (Å²) in [5.74, 6) is 0.797. The molecule has 24 heavy (non-hydrogen) atoms. The van der Waals surface area contributed by atoms with Gasteiger partial charge in [0.05, 0.1) is 4.47 Å². The van der Waals surface area contributed by atoms with Crippen LogP contribution in [0.1, 0.15) is 5.56 Å². The van der Waals surface area contributed by atoms with Crippen LogP contribution in [0.2, 0.25) is 0 Å². The molecule has 0 amide bonds. The van der Waals surface area contributed by atoms with Gasteiger partial charge in [-0.1, -0.05) is 30.3 Å². The van der Waals surface area contributed by atoms with E-state index in [4.69, 9.17) is 15.2 Å². The van der Waals surface area contributed by atoms with Crippen LogP contribution in [-0.2, 0) is 6.61 Å². The summed E-state index contributed by atoms with van der Waals surface area (Å²) in [5.41, 5.74) is 6.96. The van der Waals surface area contributed by atoms with Gasteiger partial charge < -0.3 is 15.2 Å². The van der Waals surface area contributed by atoms with E-state index in [1.54, 1.807) is 24.3 Å². The lowest BCUT2D eigenvalue weighted by molar-refractivity contribution is 0.303. The molecule has 0 aromatic heterocycles. The summed E-state index contributed by atoms with van der Waals surface area (Å²) in [6, 6.07) is 19.4. The summed E-state index contributed by atoms with van der Waals surface area (Å²) in [6.07, 6.45) is 0. The second kappa shape index (κ2) is 7.36. The van der Waals surface area contributed by atoms with Crippen LogP contribution in [0.25, 0.3) is 0 Å². The van der Waals surface area contributed by atoms with Crippen molar-refractivity contribution in [3.05, 3.63) is 82.6 Å². The Balaban J connectivity index is 1.70. The van der Waals surface area contributed by atoms with Gasteiger partial charge in [0.1, 0.15) is 18.1 Å². The molecule has 122 valence electrons. The van der Waals surface area contributed by atoms with Gasteiger partial charge in [-0.25, -0.2) is 4.39 Å². The highest BCUT2D eigenvalue weighted by Crippen LogP contribution is 2.33. The van der Waals surface area contributed by atoms with Crippen LogP contribution >= 0.6 is 15.9 Å². The highest BCUT2D eigenvalue weighted by atomic mass is 79.9. The maximum atomic E-state index is 13.8. The highest BCUT2D eigenvalue weighted by molar-refractivity contribution is 9.10. The van der Waals surface area contributed by atoms with Crippen molar-refractivity contribution >= 4 is 21.6 Å². The Labute approximate surface area is 148 Å². The lowest BCUT2D eigenvalue weighted by Crippen LogP contribution is -1.96. The van der Waals surface area contributed by atoms with Crippen LogP contribution in [0, 0.1) is 5.82 Å². The smallest absolute Gasteiger partial charge is 0.167 e. The molecule has 0 saturated carbocycles. The number of benzene rings is 3. The molecule has 0 fully saturated rings. The molecular weight excluding hydrogens is 373 g/mol. The van der Waals surface area contributed by atoms with E-state index >= 15 is 0 Å². The monoisotopic (exact) mass is 387 g/mol. The van der Waals surface area contributed by atoms with Crippen molar-refractivity contribution in [1.29, 1.82) is 0 Å². The van der Waals surface area contributed by atoms with Gasteiger partial charge in [0.2, 0.25) is 0 Å². The average molecular weight is 388 g/mol. The van der Waals surface area contributed by atoms with E-state index in [1.807, 2.05) is 30.3 Å². The van der Waals surface area contributed by atoms with Crippen LogP contribution < -0.4 is 15.2 Å². The van der Waals surface area contributed by atoms with Crippen LogP contribution in [0.5, 0.6) is 17.2 Å². The normalized spacial score (nSPS) is 10.4. The summed E-state index contributed by atoms with van der Waals surface area (Å²) in [7, 11) is 0. The van der Waals surface area contributed by atoms with Crippen molar-refractivity contribution in [1.82, 2.24) is 0 Å². The molecule has 0 radical (unpaired) electrons. The van der Waals surface area contributed by atoms with Gasteiger partial charge >= 0.3 is 0 Å². The summed E-state index contributed by atoms with van der Waals surface area (Å²) in [4.78, 5) is 0. The zero-order valence-corrected chi connectivity index (χ0v) is 14.3. The molecule has 3 aromatic rings. The molecule has 3 aromatic carbocycles. The van der Waals surface area contributed by atoms with Crippen molar-refractivity contribution in [2.75, 3.05) is 5.73 Å². The van der Waals surface area contributed by atoms with Crippen molar-refractivity contribution in [2.45, 2.75) is 6.61 Å². The van der Waals surface area contributed by atoms with E-state index < -0.39 is 5.82 Å². The number of rotatable bonds is 5. The van der Waals surface area contributed by atoms with E-state index in [9.17, 15) is 4.39 Å². The van der Waals surface area contributed by atoms with Gasteiger partial charge in [-0.15, -0.1) is 0 Å². The number of anilines is 1. The first-order valence-corrected chi connectivity index (χ1v) is 8.10. The maximum Gasteiger partial charge on any atom is 0.167 e. The Morgan fingerprint density at radius 3 is 2.38 bits per heavy atom. The average Bonchev–Trinajstić information content (AvgIpc) is 2.58. The lowest BCUT2D eigenvalue weighted by atomic mass is 10.2. The maximum absolute atomic E-state index is 13.8. The highest BCUT2D eigenvalue weighted by Gasteiger charge is 2.08. The van der Waals surface area contributed by atoms with E-state index in [2.05, 4.69) is 15.9 Å². The van der Waals surface area contributed by atoms with E-state index in [1.165, 1.54) is 12.1 Å². The molecule has 0 aliphatic carbocycles. The third-order valence-electron chi connectivity index (χ3n) is 3.32. The Hall–Kier alpha value is -2.53. The summed E-state index contributed by atoms with van der Waals surface area (Å²) < 4.78 is 25.8. The molecule has 0 aliphatic rings. The Bertz CT molecular complexity index is 840. The molecule has 3 rings (SSSR count). The fraction of sp³-hybridized carbons (Fsp3) is 0.0526. The van der Waals surface area contributed by atoms with Gasteiger partial charge in [-0.3, -0.25) is 0 Å². The number of halogens is 2. The topological polar surface area (TPSA) is 44.5 Å². The first-order valence-electron chi connectivity index (χ1n) is 7.31. The predicted octanol–water partition coefficient (Wildman–Crippen LogP) is 5.54. The van der Waals surface area contributed by atoms with Gasteiger partial charge in [-0.2, -0.15) is 0 Å². The minimum Gasteiger partial charge on any atom is -0.488 e. The predicted molar refractivity (Wildman–Crippen MR) is 95.8 cm³/mol. The first-order chi connectivity index (χ1) is 11.6. The van der Waals surface area contributed by atoms with Crippen molar-refractivity contribution < 1.29 is 13.9 Å². The summed E-state index contributed by atoms with van der Waals surface area (Å²) in [5, 5.41) is 0. The van der Waals surface area contributed by atoms with Crippen molar-refractivity contribution in [2.24, 2.45) is 0 Å².